The largest absolute Gasteiger partial charge is 0.379 e. The van der Waals surface area contributed by atoms with Crippen molar-refractivity contribution in [1.82, 2.24) is 9.97 Å². The molecule has 4 heteroatoms. The van der Waals surface area contributed by atoms with Crippen LogP contribution in [0.2, 0.25) is 0 Å². The van der Waals surface area contributed by atoms with Gasteiger partial charge in [0.2, 0.25) is 11.2 Å². The molecule has 0 spiro atoms. The lowest BCUT2D eigenvalue weighted by Crippen LogP contribution is -2.01. The topological polar surface area (TPSA) is 46.0 Å². The summed E-state index contributed by atoms with van der Waals surface area (Å²) in [5, 5.41) is 0.498. The molecule has 0 radical (unpaired) electrons. The third kappa shape index (κ3) is 1.65. The van der Waals surface area contributed by atoms with Crippen LogP contribution in [-0.2, 0) is 11.2 Å². The van der Waals surface area contributed by atoms with E-state index in [1.165, 1.54) is 0 Å². The Morgan fingerprint density at radius 2 is 2.00 bits per heavy atom. The fourth-order valence-electron chi connectivity index (χ4n) is 0.438. The molecular weight excluding hydrogens is 136 g/mol. The molecule has 0 aliphatic rings. The lowest BCUT2D eigenvalue weighted by Gasteiger charge is -1.86. The summed E-state index contributed by atoms with van der Waals surface area (Å²) < 4.78 is 8.93. The van der Waals surface area contributed by atoms with E-state index in [2.05, 4.69) is 9.97 Å². The molecule has 48 valence electrons. The van der Waals surface area contributed by atoms with Crippen molar-refractivity contribution in [3.05, 3.63) is 18.5 Å². The van der Waals surface area contributed by atoms with Gasteiger partial charge >= 0.3 is 5.16 Å². The van der Waals surface area contributed by atoms with Crippen molar-refractivity contribution in [1.29, 1.82) is 0 Å². The summed E-state index contributed by atoms with van der Waals surface area (Å²) in [6.45, 7) is 0. The third-order valence-electron chi connectivity index (χ3n) is 0.806. The van der Waals surface area contributed by atoms with E-state index in [0.29, 0.717) is 5.16 Å². The Morgan fingerprint density at radius 1 is 1.44 bits per heavy atom. The summed E-state index contributed by atoms with van der Waals surface area (Å²) in [6.07, 6.45) is 4.89. The molecule has 0 aromatic carbocycles. The molecule has 1 atom stereocenters. The smallest absolute Gasteiger partial charge is 0.190 e. The maximum Gasteiger partial charge on any atom is 0.379 e. The third-order valence-corrected chi connectivity index (χ3v) is 1.55. The number of hydrogen-bond donors (Lipinski definition) is 1. The monoisotopic (exact) mass is 143 g/mol. The van der Waals surface area contributed by atoms with E-state index < -0.39 is 11.2 Å². The minimum atomic E-state index is -0.801. The average Bonchev–Trinajstić information content (AvgIpc) is 1.90. The lowest BCUT2D eigenvalue weighted by atomic mass is 10.7. The molecule has 0 aliphatic carbocycles. The van der Waals surface area contributed by atoms with Crippen molar-refractivity contribution < 1.29 is 4.55 Å². The second-order valence-electron chi connectivity index (χ2n) is 1.51. The van der Waals surface area contributed by atoms with Gasteiger partial charge in [-0.1, -0.05) is 0 Å². The van der Waals surface area contributed by atoms with Gasteiger partial charge in [0.15, 0.2) is 0 Å². The maximum absolute atomic E-state index is 8.93. The van der Waals surface area contributed by atoms with Crippen LogP contribution in [0.4, 0.5) is 0 Å². The molecular formula is C5H7N2OS+. The highest BCUT2D eigenvalue weighted by Crippen LogP contribution is 1.96. The molecule has 0 aliphatic heterocycles. The van der Waals surface area contributed by atoms with Gasteiger partial charge in [-0.15, -0.1) is 0 Å². The van der Waals surface area contributed by atoms with Crippen LogP contribution < -0.4 is 0 Å². The normalized spacial score (nSPS) is 13.1. The SMILES string of the molecule is C[S+](O)c1ncccn1. The fraction of sp³-hybridized carbons (Fsp3) is 0.200. The van der Waals surface area contributed by atoms with E-state index in [4.69, 9.17) is 4.55 Å². The zero-order valence-electron chi connectivity index (χ0n) is 4.98. The highest BCUT2D eigenvalue weighted by molar-refractivity contribution is 7.90. The van der Waals surface area contributed by atoms with Crippen molar-refractivity contribution in [2.24, 2.45) is 0 Å². The van der Waals surface area contributed by atoms with Gasteiger partial charge < -0.3 is 0 Å². The lowest BCUT2D eigenvalue weighted by molar-refractivity contribution is 0.634. The molecule has 1 N–H and O–H groups in total. The predicted octanol–water partition coefficient (Wildman–Crippen LogP) is 0.557. The quantitative estimate of drug-likeness (QED) is 0.461. The summed E-state index contributed by atoms with van der Waals surface area (Å²) in [6, 6.07) is 1.72. The highest BCUT2D eigenvalue weighted by Gasteiger charge is 2.13. The summed E-state index contributed by atoms with van der Waals surface area (Å²) in [5.41, 5.74) is 0. The van der Waals surface area contributed by atoms with Crippen LogP contribution >= 0.6 is 0 Å². The molecule has 3 nitrogen and oxygen atoms in total. The molecule has 1 heterocycles. The van der Waals surface area contributed by atoms with Gasteiger partial charge in [-0.25, -0.2) is 0 Å². The van der Waals surface area contributed by atoms with Crippen LogP contribution in [0.25, 0.3) is 0 Å². The van der Waals surface area contributed by atoms with Crippen molar-refractivity contribution >= 4 is 11.2 Å². The number of hydrogen-bond acceptors (Lipinski definition) is 3. The van der Waals surface area contributed by atoms with Crippen LogP contribution in [0, 0.1) is 0 Å². The Morgan fingerprint density at radius 3 is 2.33 bits per heavy atom. The average molecular weight is 143 g/mol. The first-order valence-corrected chi connectivity index (χ1v) is 4.02. The second-order valence-corrected chi connectivity index (χ2v) is 2.83. The Bertz CT molecular complexity index is 178. The van der Waals surface area contributed by atoms with Crippen molar-refractivity contribution in [2.75, 3.05) is 6.26 Å². The maximum atomic E-state index is 8.93. The van der Waals surface area contributed by atoms with Crippen LogP contribution in [0.1, 0.15) is 0 Å². The van der Waals surface area contributed by atoms with Crippen LogP contribution in [-0.4, -0.2) is 20.8 Å². The van der Waals surface area contributed by atoms with E-state index >= 15 is 0 Å². The second kappa shape index (κ2) is 2.80. The molecule has 1 unspecified atom stereocenters. The molecule has 0 amide bonds. The van der Waals surface area contributed by atoms with Gasteiger partial charge in [-0.3, -0.25) is 0 Å². The first-order chi connectivity index (χ1) is 4.30. The van der Waals surface area contributed by atoms with Gasteiger partial charge in [0, 0.05) is 12.4 Å². The van der Waals surface area contributed by atoms with Gasteiger partial charge in [0.1, 0.15) is 6.26 Å². The van der Waals surface area contributed by atoms with E-state index in [1.807, 2.05) is 0 Å². The summed E-state index contributed by atoms with van der Waals surface area (Å²) in [4.78, 5) is 7.66. The summed E-state index contributed by atoms with van der Waals surface area (Å²) in [7, 11) is 0. The van der Waals surface area contributed by atoms with Gasteiger partial charge in [0.05, 0.1) is 0 Å². The molecule has 1 aromatic rings. The Hall–Kier alpha value is -0.610. The minimum Gasteiger partial charge on any atom is -0.190 e. The molecule has 1 rings (SSSR count). The molecule has 0 fully saturated rings. The number of aromatic nitrogens is 2. The first kappa shape index (κ1) is 6.51. The zero-order valence-corrected chi connectivity index (χ0v) is 5.80. The highest BCUT2D eigenvalue weighted by atomic mass is 32.2. The molecule has 0 saturated heterocycles. The summed E-state index contributed by atoms with van der Waals surface area (Å²) >= 11 is -0.801. The number of rotatable bonds is 1. The molecule has 1 aromatic heterocycles. The fourth-order valence-corrected chi connectivity index (χ4v) is 0.865. The Kier molecular flexibility index (Phi) is 2.02. The van der Waals surface area contributed by atoms with E-state index in [1.54, 1.807) is 24.7 Å². The van der Waals surface area contributed by atoms with E-state index in [0.717, 1.165) is 0 Å². The predicted molar refractivity (Wildman–Crippen MR) is 36.2 cm³/mol. The van der Waals surface area contributed by atoms with Crippen molar-refractivity contribution in [3.8, 4) is 0 Å². The van der Waals surface area contributed by atoms with Crippen LogP contribution in [0.5, 0.6) is 0 Å². The minimum absolute atomic E-state index is 0.498. The molecule has 9 heavy (non-hydrogen) atoms. The molecule has 0 bridgehead atoms. The van der Waals surface area contributed by atoms with Gasteiger partial charge in [-0.2, -0.15) is 14.5 Å². The van der Waals surface area contributed by atoms with E-state index in [9.17, 15) is 0 Å². The standard InChI is InChI=1S/C5H7N2OS/c1-9(8)5-6-3-2-4-7-5/h2-4,8H,1H3/q+1. The van der Waals surface area contributed by atoms with Gasteiger partial charge in [-0.05, 0) is 6.07 Å². The van der Waals surface area contributed by atoms with E-state index in [-0.39, 0.29) is 0 Å². The number of nitrogens with zero attached hydrogens (tertiary/aromatic N) is 2. The van der Waals surface area contributed by atoms with Crippen molar-refractivity contribution in [2.45, 2.75) is 5.16 Å². The zero-order chi connectivity index (χ0) is 6.69. The first-order valence-electron chi connectivity index (χ1n) is 2.43. The summed E-state index contributed by atoms with van der Waals surface area (Å²) in [5.74, 6) is 0. The molecule has 0 saturated carbocycles. The van der Waals surface area contributed by atoms with Crippen LogP contribution in [0.15, 0.2) is 23.6 Å². The van der Waals surface area contributed by atoms with Crippen LogP contribution in [0.3, 0.4) is 0 Å². The Balaban J connectivity index is 2.85. The van der Waals surface area contributed by atoms with Gasteiger partial charge in [0.25, 0.3) is 0 Å². The van der Waals surface area contributed by atoms with Crippen molar-refractivity contribution in [3.63, 3.8) is 0 Å². The Labute approximate surface area is 56.3 Å².